The Labute approximate surface area is 98.5 Å². The molecule has 1 aromatic carbocycles. The molecule has 0 spiro atoms. The van der Waals surface area contributed by atoms with Gasteiger partial charge in [-0.05, 0) is 12.1 Å². The van der Waals surface area contributed by atoms with Crippen LogP contribution in [0.2, 0.25) is 0 Å². The van der Waals surface area contributed by atoms with Crippen molar-refractivity contribution >= 4 is 12.4 Å². The third kappa shape index (κ3) is 3.13. The van der Waals surface area contributed by atoms with E-state index in [4.69, 9.17) is 4.74 Å². The van der Waals surface area contributed by atoms with Crippen LogP contribution in [0.3, 0.4) is 0 Å². The van der Waals surface area contributed by atoms with Gasteiger partial charge in [0.1, 0.15) is 18.7 Å². The zero-order valence-electron chi connectivity index (χ0n) is 8.50. The van der Waals surface area contributed by atoms with Crippen LogP contribution in [-0.4, -0.2) is 21.4 Å². The minimum absolute atomic E-state index is 0. The van der Waals surface area contributed by atoms with E-state index in [1.807, 2.05) is 30.3 Å². The Morgan fingerprint density at radius 3 is 2.69 bits per heavy atom. The van der Waals surface area contributed by atoms with E-state index in [2.05, 4.69) is 10.1 Å². The number of benzene rings is 1. The summed E-state index contributed by atoms with van der Waals surface area (Å²) in [5, 5.41) is 3.82. The highest BCUT2D eigenvalue weighted by atomic mass is 35.5. The highest BCUT2D eigenvalue weighted by Gasteiger charge is 1.97. The van der Waals surface area contributed by atoms with E-state index < -0.39 is 0 Å². The zero-order valence-corrected chi connectivity index (χ0v) is 9.31. The van der Waals surface area contributed by atoms with Crippen molar-refractivity contribution < 1.29 is 4.74 Å². The van der Waals surface area contributed by atoms with Crippen molar-refractivity contribution in [2.24, 2.45) is 0 Å². The number of rotatable bonds is 4. The molecule has 0 amide bonds. The molecular formula is C10H12ClN3O2. The molecule has 86 valence electrons. The second-order valence-corrected chi connectivity index (χ2v) is 2.98. The Morgan fingerprint density at radius 2 is 2.06 bits per heavy atom. The second kappa shape index (κ2) is 5.97. The quantitative estimate of drug-likeness (QED) is 0.871. The maximum Gasteiger partial charge on any atom is 0.343 e. The lowest BCUT2D eigenvalue weighted by molar-refractivity contribution is 0.289. The summed E-state index contributed by atoms with van der Waals surface area (Å²) in [5.74, 6) is 0.793. The maximum absolute atomic E-state index is 11.1. The average Bonchev–Trinajstić information content (AvgIpc) is 2.66. The van der Waals surface area contributed by atoms with Crippen LogP contribution in [0.25, 0.3) is 0 Å². The van der Waals surface area contributed by atoms with Gasteiger partial charge in [-0.15, -0.1) is 12.4 Å². The molecular weight excluding hydrogens is 230 g/mol. The minimum Gasteiger partial charge on any atom is -0.492 e. The van der Waals surface area contributed by atoms with E-state index in [0.29, 0.717) is 13.2 Å². The van der Waals surface area contributed by atoms with E-state index >= 15 is 0 Å². The third-order valence-corrected chi connectivity index (χ3v) is 1.93. The first-order valence-electron chi connectivity index (χ1n) is 4.64. The molecule has 0 radical (unpaired) electrons. The van der Waals surface area contributed by atoms with Gasteiger partial charge in [-0.3, -0.25) is 4.98 Å². The summed E-state index contributed by atoms with van der Waals surface area (Å²) in [6.07, 6.45) is 1.37. The molecule has 6 heteroatoms. The van der Waals surface area contributed by atoms with Gasteiger partial charge in [0.15, 0.2) is 0 Å². The van der Waals surface area contributed by atoms with Gasteiger partial charge in [0, 0.05) is 0 Å². The standard InChI is InChI=1S/C10H11N3O2.ClH/c14-10-11-8-12-13(10)6-7-15-9-4-2-1-3-5-9;/h1-5,8H,6-7H2,(H,11,12,14);1H. The highest BCUT2D eigenvalue weighted by Crippen LogP contribution is 2.07. The molecule has 16 heavy (non-hydrogen) atoms. The number of hydrogen-bond donors (Lipinski definition) is 1. The fourth-order valence-corrected chi connectivity index (χ4v) is 1.21. The first-order valence-corrected chi connectivity index (χ1v) is 4.64. The Morgan fingerprint density at radius 1 is 1.31 bits per heavy atom. The molecule has 0 aliphatic heterocycles. The Balaban J connectivity index is 0.00000128. The molecule has 1 heterocycles. The fourth-order valence-electron chi connectivity index (χ4n) is 1.21. The largest absolute Gasteiger partial charge is 0.492 e. The molecule has 0 aliphatic rings. The SMILES string of the molecule is Cl.O=c1[nH]cnn1CCOc1ccccc1. The van der Waals surface area contributed by atoms with Crippen molar-refractivity contribution in [2.75, 3.05) is 6.61 Å². The highest BCUT2D eigenvalue weighted by molar-refractivity contribution is 5.85. The number of halogens is 1. The smallest absolute Gasteiger partial charge is 0.343 e. The van der Waals surface area contributed by atoms with E-state index in [0.717, 1.165) is 5.75 Å². The van der Waals surface area contributed by atoms with Gasteiger partial charge in [0.25, 0.3) is 0 Å². The lowest BCUT2D eigenvalue weighted by Crippen LogP contribution is -2.21. The van der Waals surface area contributed by atoms with Crippen LogP contribution >= 0.6 is 12.4 Å². The topological polar surface area (TPSA) is 59.9 Å². The summed E-state index contributed by atoms with van der Waals surface area (Å²) in [7, 11) is 0. The molecule has 0 saturated heterocycles. The van der Waals surface area contributed by atoms with Gasteiger partial charge >= 0.3 is 5.69 Å². The van der Waals surface area contributed by atoms with Crippen LogP contribution in [0, 0.1) is 0 Å². The van der Waals surface area contributed by atoms with E-state index in [1.54, 1.807) is 0 Å². The average molecular weight is 242 g/mol. The molecule has 1 N–H and O–H groups in total. The summed E-state index contributed by atoms with van der Waals surface area (Å²) in [6.45, 7) is 0.867. The molecule has 0 unspecified atom stereocenters. The van der Waals surface area contributed by atoms with Gasteiger partial charge in [0.2, 0.25) is 0 Å². The number of nitrogens with one attached hydrogen (secondary N) is 1. The number of nitrogens with zero attached hydrogens (tertiary/aromatic N) is 2. The number of aromatic amines is 1. The summed E-state index contributed by atoms with van der Waals surface area (Å²) in [6, 6.07) is 9.46. The van der Waals surface area contributed by atoms with Crippen LogP contribution in [0.1, 0.15) is 0 Å². The lowest BCUT2D eigenvalue weighted by atomic mass is 10.3. The number of H-pyrrole nitrogens is 1. The fraction of sp³-hybridized carbons (Fsp3) is 0.200. The van der Waals surface area contributed by atoms with Crippen molar-refractivity contribution in [3.05, 3.63) is 47.1 Å². The maximum atomic E-state index is 11.1. The number of para-hydroxylation sites is 1. The predicted octanol–water partition coefficient (Wildman–Crippen LogP) is 1.07. The van der Waals surface area contributed by atoms with Crippen molar-refractivity contribution in [3.63, 3.8) is 0 Å². The minimum atomic E-state index is -0.216. The van der Waals surface area contributed by atoms with Gasteiger partial charge < -0.3 is 4.74 Å². The molecule has 0 saturated carbocycles. The molecule has 5 nitrogen and oxygen atoms in total. The van der Waals surface area contributed by atoms with Crippen LogP contribution in [0.4, 0.5) is 0 Å². The summed E-state index contributed by atoms with van der Waals surface area (Å²) < 4.78 is 6.74. The van der Waals surface area contributed by atoms with Crippen LogP contribution < -0.4 is 10.4 Å². The normalized spacial score (nSPS) is 9.50. The van der Waals surface area contributed by atoms with Gasteiger partial charge in [0.05, 0.1) is 6.54 Å². The third-order valence-electron chi connectivity index (χ3n) is 1.93. The zero-order chi connectivity index (χ0) is 10.5. The van der Waals surface area contributed by atoms with Gasteiger partial charge in [-0.25, -0.2) is 9.48 Å². The van der Waals surface area contributed by atoms with Crippen LogP contribution in [-0.2, 0) is 6.54 Å². The first-order chi connectivity index (χ1) is 7.36. The van der Waals surface area contributed by atoms with E-state index in [1.165, 1.54) is 11.0 Å². The summed E-state index contributed by atoms with van der Waals surface area (Å²) in [4.78, 5) is 13.5. The Hall–Kier alpha value is -1.75. The molecule has 0 fully saturated rings. The van der Waals surface area contributed by atoms with Crippen molar-refractivity contribution in [3.8, 4) is 5.75 Å². The van der Waals surface area contributed by atoms with Gasteiger partial charge in [-0.1, -0.05) is 18.2 Å². The van der Waals surface area contributed by atoms with Crippen molar-refractivity contribution in [1.29, 1.82) is 0 Å². The first kappa shape index (κ1) is 12.3. The summed E-state index contributed by atoms with van der Waals surface area (Å²) in [5.41, 5.74) is -0.216. The second-order valence-electron chi connectivity index (χ2n) is 2.98. The number of ether oxygens (including phenoxy) is 1. The predicted molar refractivity (Wildman–Crippen MR) is 62.0 cm³/mol. The molecule has 0 atom stereocenters. The van der Waals surface area contributed by atoms with Crippen LogP contribution in [0.15, 0.2) is 41.5 Å². The Bertz CT molecular complexity index is 466. The number of aromatic nitrogens is 3. The van der Waals surface area contributed by atoms with Gasteiger partial charge in [-0.2, -0.15) is 5.10 Å². The van der Waals surface area contributed by atoms with E-state index in [9.17, 15) is 4.79 Å². The molecule has 1 aromatic heterocycles. The van der Waals surface area contributed by atoms with Crippen LogP contribution in [0.5, 0.6) is 5.75 Å². The molecule has 2 rings (SSSR count). The van der Waals surface area contributed by atoms with Crippen molar-refractivity contribution in [2.45, 2.75) is 6.54 Å². The Kier molecular flexibility index (Phi) is 4.60. The molecule has 0 aliphatic carbocycles. The molecule has 2 aromatic rings. The van der Waals surface area contributed by atoms with Crippen molar-refractivity contribution in [1.82, 2.24) is 14.8 Å². The molecule has 0 bridgehead atoms. The van der Waals surface area contributed by atoms with E-state index in [-0.39, 0.29) is 18.1 Å². The lowest BCUT2D eigenvalue weighted by Gasteiger charge is -2.04. The monoisotopic (exact) mass is 241 g/mol. The number of hydrogen-bond acceptors (Lipinski definition) is 3. The summed E-state index contributed by atoms with van der Waals surface area (Å²) >= 11 is 0.